The molecule has 0 bridgehead atoms. The second kappa shape index (κ2) is 7.85. The molecular formula is C22H20F3N3O2. The van der Waals surface area contributed by atoms with E-state index < -0.39 is 11.9 Å². The minimum Gasteiger partial charge on any atom is -0.493 e. The third kappa shape index (κ3) is 3.90. The Hall–Kier alpha value is -3.29. The number of ether oxygens (including phenoxy) is 2. The largest absolute Gasteiger partial charge is 0.493 e. The number of halogens is 3. The van der Waals surface area contributed by atoms with Gasteiger partial charge in [0.2, 0.25) is 5.95 Å². The molecule has 0 saturated carbocycles. The highest BCUT2D eigenvalue weighted by molar-refractivity contribution is 5.65. The highest BCUT2D eigenvalue weighted by Gasteiger charge is 2.34. The Morgan fingerprint density at radius 1 is 0.900 bits per heavy atom. The van der Waals surface area contributed by atoms with E-state index in [-0.39, 0.29) is 11.6 Å². The summed E-state index contributed by atoms with van der Waals surface area (Å²) in [5, 5.41) is 0. The maximum Gasteiger partial charge on any atom is 0.433 e. The number of aromatic nitrogens is 2. The molecule has 0 spiro atoms. The van der Waals surface area contributed by atoms with Crippen LogP contribution in [0.5, 0.6) is 11.5 Å². The van der Waals surface area contributed by atoms with Crippen molar-refractivity contribution in [2.45, 2.75) is 19.1 Å². The topological polar surface area (TPSA) is 47.5 Å². The summed E-state index contributed by atoms with van der Waals surface area (Å²) in [7, 11) is 2.97. The fourth-order valence-corrected chi connectivity index (χ4v) is 3.53. The minimum absolute atomic E-state index is 0.0594. The lowest BCUT2D eigenvalue weighted by molar-refractivity contribution is -0.141. The molecule has 0 N–H and O–H groups in total. The fraction of sp³-hybridized carbons (Fsp3) is 0.273. The van der Waals surface area contributed by atoms with E-state index in [0.29, 0.717) is 30.2 Å². The van der Waals surface area contributed by atoms with Crippen molar-refractivity contribution in [3.63, 3.8) is 0 Å². The van der Waals surface area contributed by atoms with Crippen molar-refractivity contribution in [2.75, 3.05) is 25.7 Å². The molecule has 0 atom stereocenters. The second-order valence-electron chi connectivity index (χ2n) is 6.95. The number of nitrogens with zero attached hydrogens (tertiary/aromatic N) is 3. The highest BCUT2D eigenvalue weighted by Crippen LogP contribution is 2.36. The SMILES string of the molecule is COc1ccc(-c2cc(C(F)(F)F)nc(N3CCc4ccccc4C3)n2)cc1OC. The van der Waals surface area contributed by atoms with Crippen molar-refractivity contribution in [1.29, 1.82) is 0 Å². The second-order valence-corrected chi connectivity index (χ2v) is 6.95. The lowest BCUT2D eigenvalue weighted by Gasteiger charge is -2.29. The van der Waals surface area contributed by atoms with Crippen LogP contribution in [-0.4, -0.2) is 30.7 Å². The average Bonchev–Trinajstić information content (AvgIpc) is 2.77. The Kier molecular flexibility index (Phi) is 5.24. The van der Waals surface area contributed by atoms with Crippen LogP contribution in [0.25, 0.3) is 11.3 Å². The van der Waals surface area contributed by atoms with Crippen LogP contribution in [0, 0.1) is 0 Å². The van der Waals surface area contributed by atoms with Gasteiger partial charge in [0.1, 0.15) is 0 Å². The summed E-state index contributed by atoms with van der Waals surface area (Å²) in [5.74, 6) is 0.957. The Balaban J connectivity index is 1.78. The standard InChI is InChI=1S/C22H20F3N3O2/c1-29-18-8-7-15(11-19(18)30-2)17-12-20(22(23,24)25)27-21(26-17)28-10-9-14-5-3-4-6-16(14)13-28/h3-8,11-12H,9-10,13H2,1-2H3. The molecule has 1 aromatic heterocycles. The van der Waals surface area contributed by atoms with Crippen molar-refractivity contribution in [2.24, 2.45) is 0 Å². The lowest BCUT2D eigenvalue weighted by atomic mass is 10.0. The zero-order chi connectivity index (χ0) is 21.3. The van der Waals surface area contributed by atoms with E-state index in [9.17, 15) is 13.2 Å². The Morgan fingerprint density at radius 2 is 1.63 bits per heavy atom. The van der Waals surface area contributed by atoms with Gasteiger partial charge in [-0.3, -0.25) is 0 Å². The van der Waals surface area contributed by atoms with E-state index in [1.165, 1.54) is 19.8 Å². The molecule has 8 heteroatoms. The third-order valence-electron chi connectivity index (χ3n) is 5.10. The van der Waals surface area contributed by atoms with Gasteiger partial charge in [-0.25, -0.2) is 9.97 Å². The van der Waals surface area contributed by atoms with E-state index in [0.717, 1.165) is 18.1 Å². The highest BCUT2D eigenvalue weighted by atomic mass is 19.4. The van der Waals surface area contributed by atoms with Gasteiger partial charge in [-0.1, -0.05) is 24.3 Å². The smallest absolute Gasteiger partial charge is 0.433 e. The number of hydrogen-bond acceptors (Lipinski definition) is 5. The predicted molar refractivity (Wildman–Crippen MR) is 107 cm³/mol. The van der Waals surface area contributed by atoms with E-state index in [4.69, 9.17) is 9.47 Å². The Bertz CT molecular complexity index is 1070. The summed E-state index contributed by atoms with van der Waals surface area (Å²) in [6.45, 7) is 1.01. The molecule has 0 unspecified atom stereocenters. The molecule has 0 amide bonds. The van der Waals surface area contributed by atoms with Crippen molar-refractivity contribution in [1.82, 2.24) is 9.97 Å². The number of rotatable bonds is 4. The molecule has 5 nitrogen and oxygen atoms in total. The van der Waals surface area contributed by atoms with E-state index >= 15 is 0 Å². The van der Waals surface area contributed by atoms with Gasteiger partial charge in [0.25, 0.3) is 0 Å². The van der Waals surface area contributed by atoms with E-state index in [1.807, 2.05) is 24.3 Å². The fourth-order valence-electron chi connectivity index (χ4n) is 3.53. The number of fused-ring (bicyclic) bond motifs is 1. The van der Waals surface area contributed by atoms with Crippen LogP contribution >= 0.6 is 0 Å². The quantitative estimate of drug-likeness (QED) is 0.616. The zero-order valence-electron chi connectivity index (χ0n) is 16.5. The maximum atomic E-state index is 13.6. The molecule has 4 rings (SSSR count). The number of alkyl halides is 3. The first-order valence-corrected chi connectivity index (χ1v) is 9.39. The zero-order valence-corrected chi connectivity index (χ0v) is 16.5. The van der Waals surface area contributed by atoms with Gasteiger partial charge in [0.05, 0.1) is 19.9 Å². The van der Waals surface area contributed by atoms with Crippen LogP contribution < -0.4 is 14.4 Å². The minimum atomic E-state index is -4.59. The molecule has 0 fully saturated rings. The van der Waals surface area contributed by atoms with E-state index in [2.05, 4.69) is 9.97 Å². The van der Waals surface area contributed by atoms with Crippen molar-refractivity contribution in [3.8, 4) is 22.8 Å². The van der Waals surface area contributed by atoms with Crippen LogP contribution in [0.15, 0.2) is 48.5 Å². The molecule has 30 heavy (non-hydrogen) atoms. The van der Waals surface area contributed by atoms with Gasteiger partial charge in [-0.2, -0.15) is 13.2 Å². The van der Waals surface area contributed by atoms with Crippen molar-refractivity contribution < 1.29 is 22.6 Å². The van der Waals surface area contributed by atoms with Crippen LogP contribution in [0.3, 0.4) is 0 Å². The first-order valence-electron chi connectivity index (χ1n) is 9.39. The summed E-state index contributed by atoms with van der Waals surface area (Å²) in [5.41, 5.74) is 1.95. The van der Waals surface area contributed by atoms with Gasteiger partial charge in [0, 0.05) is 18.7 Å². The molecule has 0 radical (unpaired) electrons. The predicted octanol–water partition coefficient (Wildman–Crippen LogP) is 4.74. The average molecular weight is 415 g/mol. The summed E-state index contributed by atoms with van der Waals surface area (Å²) >= 11 is 0. The van der Waals surface area contributed by atoms with Crippen molar-refractivity contribution >= 4 is 5.95 Å². The van der Waals surface area contributed by atoms with Crippen LogP contribution in [0.1, 0.15) is 16.8 Å². The summed E-state index contributed by atoms with van der Waals surface area (Å²) in [6.07, 6.45) is -3.86. The van der Waals surface area contributed by atoms with Crippen LogP contribution in [0.2, 0.25) is 0 Å². The summed E-state index contributed by atoms with van der Waals surface area (Å²) in [4.78, 5) is 10.1. The normalized spacial score (nSPS) is 13.7. The van der Waals surface area contributed by atoms with Gasteiger partial charge in [-0.15, -0.1) is 0 Å². The summed E-state index contributed by atoms with van der Waals surface area (Å²) < 4.78 is 51.2. The van der Waals surface area contributed by atoms with Crippen LogP contribution in [0.4, 0.5) is 19.1 Å². The lowest BCUT2D eigenvalue weighted by Crippen LogP contribution is -2.32. The summed E-state index contributed by atoms with van der Waals surface area (Å²) in [6, 6.07) is 13.8. The number of anilines is 1. The molecule has 3 aromatic rings. The Labute approximate surface area is 172 Å². The van der Waals surface area contributed by atoms with Crippen molar-refractivity contribution in [3.05, 3.63) is 65.4 Å². The molecule has 0 saturated heterocycles. The van der Waals surface area contributed by atoms with Gasteiger partial charge < -0.3 is 14.4 Å². The molecular weight excluding hydrogens is 395 g/mol. The maximum absolute atomic E-state index is 13.6. The monoisotopic (exact) mass is 415 g/mol. The number of methoxy groups -OCH3 is 2. The van der Waals surface area contributed by atoms with E-state index in [1.54, 1.807) is 23.1 Å². The first-order chi connectivity index (χ1) is 14.4. The number of benzene rings is 2. The molecule has 1 aliphatic rings. The molecule has 2 heterocycles. The van der Waals surface area contributed by atoms with Gasteiger partial charge >= 0.3 is 6.18 Å². The Morgan fingerprint density at radius 3 is 2.33 bits per heavy atom. The molecule has 1 aliphatic heterocycles. The first kappa shape index (κ1) is 20.0. The van der Waals surface area contributed by atoms with Gasteiger partial charge in [0.15, 0.2) is 17.2 Å². The third-order valence-corrected chi connectivity index (χ3v) is 5.10. The molecule has 156 valence electrons. The van der Waals surface area contributed by atoms with Crippen LogP contribution in [-0.2, 0) is 19.1 Å². The van der Waals surface area contributed by atoms with Gasteiger partial charge in [-0.05, 0) is 41.8 Å². The molecule has 2 aromatic carbocycles. The number of hydrogen-bond donors (Lipinski definition) is 0. The molecule has 0 aliphatic carbocycles.